The number of ether oxygens (including phenoxy) is 1. The number of carbonyl (C=O) groups is 9. The van der Waals surface area contributed by atoms with Gasteiger partial charge in [0.15, 0.2) is 0 Å². The summed E-state index contributed by atoms with van der Waals surface area (Å²) in [6.07, 6.45) is 10.3. The summed E-state index contributed by atoms with van der Waals surface area (Å²) >= 11 is 17.6. The normalized spacial score (nSPS) is 11.5. The van der Waals surface area contributed by atoms with E-state index >= 15 is 0 Å². The monoisotopic (exact) mass is 1430 g/mol. The van der Waals surface area contributed by atoms with Crippen LogP contribution in [0, 0.1) is 0 Å². The quantitative estimate of drug-likeness (QED) is 0.0169. The summed E-state index contributed by atoms with van der Waals surface area (Å²) in [4.78, 5) is 102. The van der Waals surface area contributed by atoms with Gasteiger partial charge < -0.3 is 64.9 Å². The van der Waals surface area contributed by atoms with Gasteiger partial charge in [0.25, 0.3) is 0 Å². The van der Waals surface area contributed by atoms with Crippen molar-refractivity contribution in [2.45, 2.75) is 204 Å². The smallest absolute Gasteiger partial charge is 0.306 e. The fraction of sp³-hybridized carbons (Fsp3) is 0.661. The van der Waals surface area contributed by atoms with Crippen LogP contribution in [0.3, 0.4) is 0 Å². The van der Waals surface area contributed by atoms with Crippen LogP contribution in [-0.2, 0) is 95.1 Å². The minimum Gasteiger partial charge on any atom is -0.465 e. The molecule has 4 atom stereocenters. The second kappa shape index (κ2) is 71.9. The number of hydrogen-bond donors (Lipinski definition) is 11. The molecule has 4 unspecified atom stereocenters. The van der Waals surface area contributed by atoms with Crippen molar-refractivity contribution in [1.82, 2.24) is 37.2 Å². The molecule has 0 spiro atoms. The molecule has 29 heteroatoms. The van der Waals surface area contributed by atoms with Gasteiger partial charge in [-0.05, 0) is 162 Å². The fourth-order valence-electron chi connectivity index (χ4n) is 8.12. The molecule has 0 fully saturated rings. The van der Waals surface area contributed by atoms with Crippen molar-refractivity contribution in [3.8, 4) is 11.1 Å². The molecule has 0 aliphatic heterocycles. The predicted octanol–water partition coefficient (Wildman–Crippen LogP) is 9.29. The Hall–Kier alpha value is -3.89. The molecule has 0 bridgehead atoms. The topological polar surface area (TPSA) is 351 Å². The van der Waals surface area contributed by atoms with Crippen LogP contribution in [-0.4, -0.2) is 145 Å². The number of carbonyl (C=O) groups excluding carboxylic acids is 9. The Balaban J connectivity index is -0.000000167. The van der Waals surface area contributed by atoms with Crippen LogP contribution in [0.15, 0.2) is 48.5 Å². The molecule has 0 radical (unpaired) electrons. The Kier molecular flexibility index (Phi) is 81.6. The molecular formula is C62H117N11O10P4S4. The van der Waals surface area contributed by atoms with Crippen LogP contribution in [0.5, 0.6) is 0 Å². The van der Waals surface area contributed by atoms with Crippen LogP contribution in [0.4, 0.5) is 0 Å². The fourth-order valence-corrected chi connectivity index (χ4v) is 8.12. The molecule has 5 amide bonds. The summed E-state index contributed by atoms with van der Waals surface area (Å²) in [5.41, 5.74) is 25.0. The lowest BCUT2D eigenvalue weighted by Crippen LogP contribution is -2.39. The molecule has 0 heterocycles. The maximum Gasteiger partial charge on any atom is 0.306 e. The molecule has 524 valence electrons. The van der Waals surface area contributed by atoms with Crippen molar-refractivity contribution in [3.05, 3.63) is 59.7 Å². The summed E-state index contributed by atoms with van der Waals surface area (Å²) in [5.74, 6) is -0.412. The van der Waals surface area contributed by atoms with E-state index in [0.29, 0.717) is 90.4 Å². The zero-order valence-corrected chi connectivity index (χ0v) is 59.4. The number of rotatable bonds is 38. The van der Waals surface area contributed by atoms with Gasteiger partial charge in [0.05, 0.1) is 37.1 Å². The largest absolute Gasteiger partial charge is 0.465 e. The number of hydrogen-bond acceptors (Lipinski definition) is 20. The third-order valence-electron chi connectivity index (χ3n) is 12.8. The van der Waals surface area contributed by atoms with Crippen LogP contribution in [0.2, 0.25) is 0 Å². The first-order chi connectivity index (χ1) is 41.7. The number of fused-ring (bicyclic) bond motifs is 3. The van der Waals surface area contributed by atoms with Gasteiger partial charge in [0.2, 0.25) is 29.5 Å². The first kappa shape index (κ1) is 103. The maximum atomic E-state index is 12.2. The van der Waals surface area contributed by atoms with Crippen molar-refractivity contribution < 1.29 is 47.9 Å². The molecule has 0 saturated carbocycles. The number of esters is 1. The van der Waals surface area contributed by atoms with Gasteiger partial charge in [0, 0.05) is 98.8 Å². The van der Waals surface area contributed by atoms with E-state index in [4.69, 9.17) is 21.9 Å². The summed E-state index contributed by atoms with van der Waals surface area (Å²) in [6, 6.07) is 15.5. The summed E-state index contributed by atoms with van der Waals surface area (Å²) in [5, 5.41) is 19.9. The zero-order chi connectivity index (χ0) is 66.8. The highest BCUT2D eigenvalue weighted by Gasteiger charge is 2.29. The Morgan fingerprint density at radius 2 is 0.824 bits per heavy atom. The molecule has 91 heavy (non-hydrogen) atoms. The summed E-state index contributed by atoms with van der Waals surface area (Å²) < 4.78 is 5.54. The Morgan fingerprint density at radius 1 is 0.495 bits per heavy atom. The Labute approximate surface area is 574 Å². The third-order valence-corrected chi connectivity index (χ3v) is 18.1. The van der Waals surface area contributed by atoms with E-state index in [0.717, 1.165) is 60.3 Å². The van der Waals surface area contributed by atoms with Gasteiger partial charge in [-0.1, -0.05) is 113 Å². The van der Waals surface area contributed by atoms with Crippen LogP contribution in [0.1, 0.15) is 191 Å². The van der Waals surface area contributed by atoms with Crippen molar-refractivity contribution in [2.24, 2.45) is 22.9 Å². The summed E-state index contributed by atoms with van der Waals surface area (Å²) in [6.45, 7) is 12.0. The van der Waals surface area contributed by atoms with Gasteiger partial charge >= 0.3 is 5.97 Å². The standard InChI is InChI=1S/C26H32N2O4.C12H24N2O2.C10H21N3O2.C9H19N3O2.CH5N.4CH4.2P2S2/c1-3-24(29)23(27-2)13-8-16-28-25(30)14-15-26(31)32-17-22-20-11-6-4-9-18(20)19-10-5-7-12-21(19)22;1-4-7-12(16)14-9-6-8-10(13-3)11(15)5-2;1-3-5-9(14)13-7-4-6-8(12-2)10(11)15;1-2-8(13)7(11)4-3-5-12-9(14)6-10;1-2;;;;;2*3-1-2-4/h4-7,9-12,22-23,27H,3,8,13-17H2,1-2H3,(H,28,30);10,13H,4-9H2,1-3H3,(H,14,16);8,12H,3-7H2,1-2H3,(H2,11,15)(H,13,14);7H,2-6,10-11H2,1H3,(H,12,14);2H2,1H3;4*1H4;;. The average Bonchev–Trinajstić information content (AvgIpc) is 1.65. The summed E-state index contributed by atoms with van der Waals surface area (Å²) in [7, 11) is 10.2. The molecule has 15 N–H and O–H groups in total. The highest BCUT2D eigenvalue weighted by molar-refractivity contribution is 8.41. The molecule has 1 aliphatic carbocycles. The number of primary amides is 1. The average molecular weight is 1430 g/mol. The first-order valence-electron chi connectivity index (χ1n) is 29.4. The van der Waals surface area contributed by atoms with E-state index in [1.54, 1.807) is 28.1 Å². The number of amides is 5. The number of likely N-dealkylation sites (N-methyl/N-ethyl adjacent to an activating group) is 3. The number of benzene rings is 2. The molecular weight excluding hydrogens is 1310 g/mol. The van der Waals surface area contributed by atoms with E-state index in [1.165, 1.54) is 29.3 Å². The number of nitrogens with one attached hydrogen (secondary N) is 7. The molecule has 0 saturated heterocycles. The van der Waals surface area contributed by atoms with Crippen molar-refractivity contribution in [3.63, 3.8) is 0 Å². The highest BCUT2D eigenvalue weighted by atomic mass is 32.7. The lowest BCUT2D eigenvalue weighted by atomic mass is 9.98. The molecule has 2 aromatic carbocycles. The number of Topliss-reactive ketones (excluding diaryl/α,β-unsaturated/α-hetero) is 3. The maximum absolute atomic E-state index is 12.2. The molecule has 3 rings (SSSR count). The first-order valence-corrected chi connectivity index (χ1v) is 38.4. The molecule has 0 aromatic heterocycles. The number of nitrogens with two attached hydrogens (primary N) is 4. The Morgan fingerprint density at radius 3 is 1.14 bits per heavy atom. The van der Waals surface area contributed by atoms with Gasteiger partial charge in [-0.3, -0.25) is 43.2 Å². The van der Waals surface area contributed by atoms with E-state index in [2.05, 4.69) is 114 Å². The second-order valence-corrected chi connectivity index (χ2v) is 27.4. The predicted molar refractivity (Wildman–Crippen MR) is 398 cm³/mol. The molecule has 2 aromatic rings. The van der Waals surface area contributed by atoms with Gasteiger partial charge in [0.1, 0.15) is 24.0 Å². The number of ketones is 3. The Bertz CT molecular complexity index is 2250. The second-order valence-electron chi connectivity index (χ2n) is 18.9. The van der Waals surface area contributed by atoms with E-state index in [9.17, 15) is 43.2 Å². The van der Waals surface area contributed by atoms with E-state index in [-0.39, 0.29) is 133 Å². The molecule has 1 aliphatic rings. The van der Waals surface area contributed by atoms with Crippen LogP contribution >= 0.6 is 28.2 Å². The highest BCUT2D eigenvalue weighted by Crippen LogP contribution is 2.44. The van der Waals surface area contributed by atoms with Gasteiger partial charge in [-0.25, -0.2) is 0 Å². The van der Waals surface area contributed by atoms with Crippen LogP contribution < -0.4 is 60.2 Å². The van der Waals surface area contributed by atoms with Gasteiger partial charge in [-0.15, -0.1) is 0 Å². The van der Waals surface area contributed by atoms with E-state index in [1.807, 2.05) is 52.0 Å². The van der Waals surface area contributed by atoms with Crippen molar-refractivity contribution >= 4 is 128 Å². The SMILES string of the molecule is C.C.C.C.CCC(=O)C(CCCNC(=O)CCC(=O)OCC1c2ccccc2-c2ccccc21)NC.CCC(=O)C(N)CCCNC(=O)CN.CCCC(=O)NCCCC(NC)C(=O)CC.CCCC(=O)NCCCC(NC)C(N)=O.CN.S=PP=S.S=PP=S. The lowest BCUT2D eigenvalue weighted by molar-refractivity contribution is -0.145. The molecule has 21 nitrogen and oxygen atoms in total. The van der Waals surface area contributed by atoms with Crippen molar-refractivity contribution in [1.29, 1.82) is 0 Å². The van der Waals surface area contributed by atoms with E-state index < -0.39 is 6.04 Å². The minimum absolute atomic E-state index is 0. The van der Waals surface area contributed by atoms with Crippen LogP contribution in [0.25, 0.3) is 11.1 Å². The van der Waals surface area contributed by atoms with Crippen molar-refractivity contribution in [2.75, 3.05) is 67.5 Å². The van der Waals surface area contributed by atoms with Gasteiger partial charge in [-0.2, -0.15) is 0 Å². The zero-order valence-electron chi connectivity index (χ0n) is 52.6. The minimum atomic E-state index is -0.394. The third kappa shape index (κ3) is 54.1. The lowest BCUT2D eigenvalue weighted by Gasteiger charge is -2.14.